The number of para-hydroxylation sites is 1. The van der Waals surface area contributed by atoms with Gasteiger partial charge >= 0.3 is 0 Å². The molecule has 10 aromatic rings. The molecule has 59 heavy (non-hydrogen) atoms. The van der Waals surface area contributed by atoms with Gasteiger partial charge in [-0.2, -0.15) is 0 Å². The standard InChI is InChI=1S/C56H37NO2/c1-2-11-38(12-3-1)40-27-31-48(32-28-40)57(49-33-29-41(30-34-49)46-26-25-39-13-4-5-14-43(39)35-46)50-20-7-18-45(37-50)44-17-6-19-47(36-44)51-21-10-24-54-56(51)59-53-23-9-16-42-15-8-22-52(58-54)55(42)53/h1-37H. The van der Waals surface area contributed by atoms with Gasteiger partial charge in [0.05, 0.1) is 5.39 Å². The van der Waals surface area contributed by atoms with Gasteiger partial charge in [-0.3, -0.25) is 0 Å². The van der Waals surface area contributed by atoms with Crippen molar-refractivity contribution < 1.29 is 9.47 Å². The Morgan fingerprint density at radius 2 is 0.780 bits per heavy atom. The second kappa shape index (κ2) is 14.6. The fraction of sp³-hybridized carbons (Fsp3) is 0. The van der Waals surface area contributed by atoms with E-state index in [4.69, 9.17) is 9.47 Å². The number of ether oxygens (including phenoxy) is 2. The van der Waals surface area contributed by atoms with E-state index < -0.39 is 0 Å². The molecule has 0 spiro atoms. The molecule has 0 aromatic heterocycles. The van der Waals surface area contributed by atoms with Gasteiger partial charge in [-0.05, 0) is 122 Å². The maximum atomic E-state index is 6.71. The van der Waals surface area contributed by atoms with Crippen LogP contribution < -0.4 is 14.4 Å². The van der Waals surface area contributed by atoms with Crippen LogP contribution in [0.5, 0.6) is 23.0 Å². The normalized spacial score (nSPS) is 11.7. The van der Waals surface area contributed by atoms with E-state index in [2.05, 4.69) is 193 Å². The van der Waals surface area contributed by atoms with Crippen LogP contribution in [0.25, 0.3) is 66.1 Å². The van der Waals surface area contributed by atoms with Gasteiger partial charge in [0.25, 0.3) is 0 Å². The average molecular weight is 756 g/mol. The predicted molar refractivity (Wildman–Crippen MR) is 244 cm³/mol. The highest BCUT2D eigenvalue weighted by Gasteiger charge is 2.22. The van der Waals surface area contributed by atoms with E-state index in [-0.39, 0.29) is 0 Å². The molecule has 1 heterocycles. The average Bonchev–Trinajstić information content (AvgIpc) is 3.47. The first-order chi connectivity index (χ1) is 29.2. The molecule has 10 aromatic carbocycles. The van der Waals surface area contributed by atoms with Gasteiger partial charge in [-0.15, -0.1) is 0 Å². The first-order valence-corrected chi connectivity index (χ1v) is 20.0. The number of nitrogens with zero attached hydrogens (tertiary/aromatic N) is 1. The van der Waals surface area contributed by atoms with Crippen LogP contribution in [0.4, 0.5) is 17.1 Å². The second-order valence-corrected chi connectivity index (χ2v) is 14.9. The summed E-state index contributed by atoms with van der Waals surface area (Å²) < 4.78 is 13.2. The zero-order chi connectivity index (χ0) is 39.1. The Labute approximate surface area is 343 Å². The molecule has 0 radical (unpaired) electrons. The Bertz CT molecular complexity index is 3150. The van der Waals surface area contributed by atoms with Crippen LogP contribution in [0.3, 0.4) is 0 Å². The van der Waals surface area contributed by atoms with Crippen LogP contribution in [-0.4, -0.2) is 0 Å². The summed E-state index contributed by atoms with van der Waals surface area (Å²) >= 11 is 0. The summed E-state index contributed by atoms with van der Waals surface area (Å²) in [5.74, 6) is 2.98. The molecule has 0 atom stereocenters. The maximum absolute atomic E-state index is 6.71. The highest BCUT2D eigenvalue weighted by molar-refractivity contribution is 5.96. The van der Waals surface area contributed by atoms with Gasteiger partial charge < -0.3 is 14.4 Å². The van der Waals surface area contributed by atoms with E-state index in [0.29, 0.717) is 11.5 Å². The summed E-state index contributed by atoms with van der Waals surface area (Å²) in [5, 5.41) is 4.54. The molecule has 3 heteroatoms. The lowest BCUT2D eigenvalue weighted by Gasteiger charge is -2.26. The summed E-state index contributed by atoms with van der Waals surface area (Å²) in [4.78, 5) is 2.34. The molecule has 0 bridgehead atoms. The molecule has 3 nitrogen and oxygen atoms in total. The lowest BCUT2D eigenvalue weighted by Crippen LogP contribution is -2.10. The Morgan fingerprint density at radius 1 is 0.271 bits per heavy atom. The topological polar surface area (TPSA) is 21.7 Å². The van der Waals surface area contributed by atoms with E-state index in [0.717, 1.165) is 61.6 Å². The molecule has 1 aliphatic rings. The third-order valence-corrected chi connectivity index (χ3v) is 11.3. The summed E-state index contributed by atoms with van der Waals surface area (Å²) in [6.07, 6.45) is 0. The van der Waals surface area contributed by atoms with Crippen molar-refractivity contribution in [2.45, 2.75) is 0 Å². The van der Waals surface area contributed by atoms with Crippen LogP contribution in [0.15, 0.2) is 224 Å². The highest BCUT2D eigenvalue weighted by atomic mass is 16.5. The van der Waals surface area contributed by atoms with Crippen LogP contribution in [0.2, 0.25) is 0 Å². The van der Waals surface area contributed by atoms with Crippen LogP contribution >= 0.6 is 0 Å². The zero-order valence-electron chi connectivity index (χ0n) is 32.1. The minimum Gasteiger partial charge on any atom is -0.453 e. The van der Waals surface area contributed by atoms with Gasteiger partial charge in [0, 0.05) is 22.6 Å². The summed E-state index contributed by atoms with van der Waals surface area (Å²) in [6.45, 7) is 0. The Hall–Kier alpha value is -7.88. The molecular weight excluding hydrogens is 719 g/mol. The van der Waals surface area contributed by atoms with Crippen molar-refractivity contribution in [1.82, 2.24) is 0 Å². The van der Waals surface area contributed by atoms with Gasteiger partial charge in [0.2, 0.25) is 0 Å². The SMILES string of the molecule is c1ccc(-c2ccc(N(c3ccc(-c4ccc5ccccc5c4)cc3)c3cccc(-c4cccc(-c5cccc6c5Oc5cccc7cccc(c57)O6)c4)c3)cc2)cc1. The summed E-state index contributed by atoms with van der Waals surface area (Å²) in [7, 11) is 0. The van der Waals surface area contributed by atoms with Gasteiger partial charge in [0.1, 0.15) is 11.5 Å². The highest BCUT2D eigenvalue weighted by Crippen LogP contribution is 2.50. The molecule has 0 fully saturated rings. The quantitative estimate of drug-likeness (QED) is 0.162. The molecule has 0 N–H and O–H groups in total. The van der Waals surface area contributed by atoms with E-state index in [1.807, 2.05) is 36.4 Å². The summed E-state index contributed by atoms with van der Waals surface area (Å²) in [6, 6.07) is 79.4. The fourth-order valence-corrected chi connectivity index (χ4v) is 8.34. The number of anilines is 3. The molecule has 0 aliphatic carbocycles. The van der Waals surface area contributed by atoms with Crippen molar-refractivity contribution in [3.63, 3.8) is 0 Å². The van der Waals surface area contributed by atoms with Crippen molar-refractivity contribution >= 4 is 38.6 Å². The number of hydrogen-bond donors (Lipinski definition) is 0. The van der Waals surface area contributed by atoms with E-state index in [9.17, 15) is 0 Å². The molecule has 0 saturated heterocycles. The number of hydrogen-bond acceptors (Lipinski definition) is 3. The minimum absolute atomic E-state index is 0.694. The largest absolute Gasteiger partial charge is 0.453 e. The molecule has 0 saturated carbocycles. The number of fused-ring (bicyclic) bond motifs is 2. The molecule has 0 amide bonds. The predicted octanol–water partition coefficient (Wildman–Crippen LogP) is 16.0. The second-order valence-electron chi connectivity index (χ2n) is 14.9. The van der Waals surface area contributed by atoms with E-state index in [1.165, 1.54) is 33.0 Å². The fourth-order valence-electron chi connectivity index (χ4n) is 8.34. The van der Waals surface area contributed by atoms with E-state index in [1.54, 1.807) is 0 Å². The first-order valence-electron chi connectivity index (χ1n) is 20.0. The van der Waals surface area contributed by atoms with Crippen molar-refractivity contribution in [1.29, 1.82) is 0 Å². The van der Waals surface area contributed by atoms with Gasteiger partial charge in [0.15, 0.2) is 11.5 Å². The van der Waals surface area contributed by atoms with Gasteiger partial charge in [-0.25, -0.2) is 0 Å². The Morgan fingerprint density at radius 3 is 1.54 bits per heavy atom. The first kappa shape index (κ1) is 34.4. The molecular formula is C56H37NO2. The van der Waals surface area contributed by atoms with Crippen LogP contribution in [0.1, 0.15) is 0 Å². The minimum atomic E-state index is 0.694. The van der Waals surface area contributed by atoms with E-state index >= 15 is 0 Å². The van der Waals surface area contributed by atoms with Gasteiger partial charge in [-0.1, -0.05) is 158 Å². The molecule has 1 aliphatic heterocycles. The Kier molecular flexibility index (Phi) is 8.49. The van der Waals surface area contributed by atoms with Crippen molar-refractivity contribution in [2.75, 3.05) is 4.90 Å². The van der Waals surface area contributed by atoms with Crippen molar-refractivity contribution in [3.8, 4) is 67.5 Å². The van der Waals surface area contributed by atoms with Crippen molar-refractivity contribution in [2.24, 2.45) is 0 Å². The van der Waals surface area contributed by atoms with Crippen molar-refractivity contribution in [3.05, 3.63) is 224 Å². The zero-order valence-corrected chi connectivity index (χ0v) is 32.1. The maximum Gasteiger partial charge on any atom is 0.177 e. The third-order valence-electron chi connectivity index (χ3n) is 11.3. The lowest BCUT2D eigenvalue weighted by molar-refractivity contribution is 0.440. The van der Waals surface area contributed by atoms with Crippen LogP contribution in [0, 0.1) is 0 Å². The van der Waals surface area contributed by atoms with Crippen LogP contribution in [-0.2, 0) is 0 Å². The molecule has 0 unspecified atom stereocenters. The smallest absolute Gasteiger partial charge is 0.177 e. The third kappa shape index (κ3) is 6.45. The Balaban J connectivity index is 0.970. The monoisotopic (exact) mass is 755 g/mol. The molecule has 11 rings (SSSR count). The molecule has 278 valence electrons. The number of benzene rings is 10. The summed E-state index contributed by atoms with van der Waals surface area (Å²) in [5.41, 5.74) is 12.2. The lowest BCUT2D eigenvalue weighted by atomic mass is 9.97. The number of rotatable bonds is 7.